The summed E-state index contributed by atoms with van der Waals surface area (Å²) in [5.74, 6) is 3.60. The topological polar surface area (TPSA) is 93.7 Å². The number of hydrogen-bond donors (Lipinski definition) is 1. The van der Waals surface area contributed by atoms with E-state index >= 15 is 0 Å². The third kappa shape index (κ3) is 4.34. The number of benzene rings is 2. The molecule has 2 aliphatic heterocycles. The minimum absolute atomic E-state index is 0.0352. The van der Waals surface area contributed by atoms with Crippen LogP contribution < -0.4 is 14.8 Å². The Morgan fingerprint density at radius 2 is 1.69 bits per heavy atom. The predicted molar refractivity (Wildman–Crippen MR) is 130 cm³/mol. The highest BCUT2D eigenvalue weighted by Crippen LogP contribution is 2.41. The van der Waals surface area contributed by atoms with Gasteiger partial charge in [0.2, 0.25) is 16.6 Å². The largest absolute Gasteiger partial charge is 0.454 e. The minimum atomic E-state index is -3.66. The summed E-state index contributed by atoms with van der Waals surface area (Å²) in [6.45, 7) is 5.52. The van der Waals surface area contributed by atoms with Crippen LogP contribution in [-0.2, 0) is 16.4 Å². The maximum absolute atomic E-state index is 12.7. The van der Waals surface area contributed by atoms with Crippen molar-refractivity contribution in [3.63, 3.8) is 0 Å². The molecule has 35 heavy (non-hydrogen) atoms. The lowest BCUT2D eigenvalue weighted by Gasteiger charge is -2.21. The van der Waals surface area contributed by atoms with Crippen molar-refractivity contribution < 1.29 is 17.9 Å². The molecular weight excluding hydrogens is 464 g/mol. The van der Waals surface area contributed by atoms with Crippen molar-refractivity contribution in [2.24, 2.45) is 11.8 Å². The van der Waals surface area contributed by atoms with Gasteiger partial charge in [0.15, 0.2) is 16.5 Å². The number of nitrogens with one attached hydrogen (secondary N) is 1. The summed E-state index contributed by atoms with van der Waals surface area (Å²) >= 11 is 0. The van der Waals surface area contributed by atoms with E-state index in [4.69, 9.17) is 9.47 Å². The van der Waals surface area contributed by atoms with Gasteiger partial charge in [-0.1, -0.05) is 18.2 Å². The molecule has 0 amide bonds. The van der Waals surface area contributed by atoms with Crippen molar-refractivity contribution in [2.75, 3.05) is 25.2 Å². The second-order valence-corrected chi connectivity index (χ2v) is 11.6. The first kappa shape index (κ1) is 22.3. The number of nitrogens with zero attached hydrogens (tertiary/aromatic N) is 3. The Balaban J connectivity index is 1.05. The van der Waals surface area contributed by atoms with Crippen molar-refractivity contribution in [2.45, 2.75) is 42.3 Å². The van der Waals surface area contributed by atoms with Crippen LogP contribution in [0.15, 0.2) is 64.5 Å². The number of sulfone groups is 1. The molecule has 1 saturated heterocycles. The van der Waals surface area contributed by atoms with Gasteiger partial charge >= 0.3 is 0 Å². The molecule has 1 aromatic heterocycles. The van der Waals surface area contributed by atoms with E-state index in [2.05, 4.69) is 39.5 Å². The molecule has 3 aliphatic rings. The number of anilines is 1. The molecule has 182 valence electrons. The zero-order valence-electron chi connectivity index (χ0n) is 19.6. The summed E-state index contributed by atoms with van der Waals surface area (Å²) in [4.78, 5) is 2.76. The van der Waals surface area contributed by atoms with E-state index in [-0.39, 0.29) is 9.92 Å². The Morgan fingerprint density at radius 1 is 0.971 bits per heavy atom. The van der Waals surface area contributed by atoms with Crippen LogP contribution in [0, 0.1) is 18.8 Å². The number of fused-ring (bicyclic) bond motifs is 2. The first-order valence-corrected chi connectivity index (χ1v) is 13.5. The van der Waals surface area contributed by atoms with E-state index < -0.39 is 9.84 Å². The number of aromatic nitrogens is 2. The summed E-state index contributed by atoms with van der Waals surface area (Å²) < 4.78 is 36.5. The SMILES string of the molecule is Cc1cc2c(cc1CN1CC3CC(Nc4ccc(S(=O)(=O)c5ccccc5)nn4)C[C@@H]3C1)OCO2. The maximum atomic E-state index is 12.7. The van der Waals surface area contributed by atoms with Gasteiger partial charge in [-0.3, -0.25) is 4.90 Å². The van der Waals surface area contributed by atoms with Crippen molar-refractivity contribution in [3.05, 3.63) is 65.7 Å². The summed E-state index contributed by atoms with van der Waals surface area (Å²) in [5, 5.41) is 11.6. The highest BCUT2D eigenvalue weighted by atomic mass is 32.2. The smallest absolute Gasteiger partial charge is 0.231 e. The lowest BCUT2D eigenvalue weighted by Crippen LogP contribution is -2.25. The average molecular weight is 493 g/mol. The van der Waals surface area contributed by atoms with Gasteiger partial charge in [-0.05, 0) is 79.1 Å². The van der Waals surface area contributed by atoms with Gasteiger partial charge in [-0.25, -0.2) is 8.42 Å². The molecule has 2 fully saturated rings. The van der Waals surface area contributed by atoms with E-state index in [1.165, 1.54) is 17.2 Å². The Labute approximate surface area is 205 Å². The van der Waals surface area contributed by atoms with Gasteiger partial charge < -0.3 is 14.8 Å². The summed E-state index contributed by atoms with van der Waals surface area (Å²) in [5.41, 5.74) is 2.53. The van der Waals surface area contributed by atoms with Gasteiger partial charge in [-0.2, -0.15) is 0 Å². The van der Waals surface area contributed by atoms with Crippen LogP contribution in [0.25, 0.3) is 0 Å². The normalized spacial score (nSPS) is 23.4. The Morgan fingerprint density at radius 3 is 2.37 bits per heavy atom. The molecule has 0 bridgehead atoms. The Kier molecular flexibility index (Phi) is 5.61. The zero-order valence-corrected chi connectivity index (χ0v) is 20.4. The van der Waals surface area contributed by atoms with Crippen LogP contribution in [0.5, 0.6) is 11.5 Å². The fourth-order valence-electron chi connectivity index (χ4n) is 5.61. The second-order valence-electron chi connectivity index (χ2n) is 9.73. The molecule has 1 saturated carbocycles. The lowest BCUT2D eigenvalue weighted by atomic mass is 10.0. The van der Waals surface area contributed by atoms with Crippen molar-refractivity contribution in [3.8, 4) is 11.5 Å². The second kappa shape index (κ2) is 8.80. The third-order valence-electron chi connectivity index (χ3n) is 7.37. The van der Waals surface area contributed by atoms with E-state index in [9.17, 15) is 8.42 Å². The van der Waals surface area contributed by atoms with Crippen molar-refractivity contribution in [1.29, 1.82) is 0 Å². The number of likely N-dealkylation sites (tertiary alicyclic amines) is 1. The van der Waals surface area contributed by atoms with E-state index in [0.29, 0.717) is 30.5 Å². The Hall–Kier alpha value is -3.17. The fourth-order valence-corrected chi connectivity index (χ4v) is 6.76. The van der Waals surface area contributed by atoms with E-state index in [0.717, 1.165) is 44.0 Å². The van der Waals surface area contributed by atoms with E-state index in [1.54, 1.807) is 36.4 Å². The molecular formula is C26H28N4O4S. The molecule has 1 N–H and O–H groups in total. The monoisotopic (exact) mass is 492 g/mol. The van der Waals surface area contributed by atoms with Crippen LogP contribution in [-0.4, -0.2) is 49.4 Å². The quantitative estimate of drug-likeness (QED) is 0.557. The van der Waals surface area contributed by atoms with Gasteiger partial charge in [0.1, 0.15) is 5.82 Å². The maximum Gasteiger partial charge on any atom is 0.231 e. The minimum Gasteiger partial charge on any atom is -0.454 e. The molecule has 2 aromatic carbocycles. The predicted octanol–water partition coefficient (Wildman–Crippen LogP) is 3.67. The summed E-state index contributed by atoms with van der Waals surface area (Å²) in [7, 11) is -3.66. The number of ether oxygens (including phenoxy) is 2. The summed E-state index contributed by atoms with van der Waals surface area (Å²) in [6.07, 6.45) is 2.15. The van der Waals surface area contributed by atoms with Gasteiger partial charge in [0.05, 0.1) is 4.90 Å². The lowest BCUT2D eigenvalue weighted by molar-refractivity contribution is 0.174. The van der Waals surface area contributed by atoms with Crippen molar-refractivity contribution in [1.82, 2.24) is 15.1 Å². The van der Waals surface area contributed by atoms with Crippen LogP contribution in [0.1, 0.15) is 24.0 Å². The first-order valence-electron chi connectivity index (χ1n) is 12.0. The molecule has 1 aliphatic carbocycles. The molecule has 3 aromatic rings. The molecule has 3 heterocycles. The fraction of sp³-hybridized carbons (Fsp3) is 0.385. The highest BCUT2D eigenvalue weighted by Gasteiger charge is 2.41. The molecule has 8 nitrogen and oxygen atoms in total. The van der Waals surface area contributed by atoms with E-state index in [1.807, 2.05) is 0 Å². The Bertz CT molecular complexity index is 1320. The van der Waals surface area contributed by atoms with Crippen LogP contribution >= 0.6 is 0 Å². The van der Waals surface area contributed by atoms with Gasteiger partial charge in [0.25, 0.3) is 0 Å². The third-order valence-corrected chi connectivity index (χ3v) is 9.03. The van der Waals surface area contributed by atoms with Crippen LogP contribution in [0.3, 0.4) is 0 Å². The number of rotatable bonds is 6. The molecule has 3 atom stereocenters. The molecule has 0 radical (unpaired) electrons. The highest BCUT2D eigenvalue weighted by molar-refractivity contribution is 7.91. The first-order chi connectivity index (χ1) is 17.0. The molecule has 2 unspecified atom stereocenters. The molecule has 6 rings (SSSR count). The average Bonchev–Trinajstić information content (AvgIpc) is 3.55. The molecule has 9 heteroatoms. The standard InChI is InChI=1S/C26H28N4O4S/c1-17-9-23-24(34-16-33-23)12-18(17)13-30-14-19-10-21(11-20(19)15-30)27-25-7-8-26(29-28-25)35(31,32)22-5-3-2-4-6-22/h2-9,12,19-21H,10-11,13-16H2,1H3,(H,27,28)/t19-,20?,21?/m1/s1. The van der Waals surface area contributed by atoms with Crippen molar-refractivity contribution >= 4 is 15.7 Å². The van der Waals surface area contributed by atoms with Crippen LogP contribution in [0.2, 0.25) is 0 Å². The van der Waals surface area contributed by atoms with Crippen LogP contribution in [0.4, 0.5) is 5.82 Å². The van der Waals surface area contributed by atoms with Gasteiger partial charge in [0, 0.05) is 25.7 Å². The number of hydrogen-bond acceptors (Lipinski definition) is 8. The zero-order chi connectivity index (χ0) is 24.0. The van der Waals surface area contributed by atoms with Gasteiger partial charge in [-0.15, -0.1) is 10.2 Å². The number of aryl methyl sites for hydroxylation is 1. The molecule has 0 spiro atoms. The summed E-state index contributed by atoms with van der Waals surface area (Å²) in [6, 6.07) is 16.1.